The quantitative estimate of drug-likeness (QED) is 0.252. The van der Waals surface area contributed by atoms with Crippen molar-refractivity contribution in [3.05, 3.63) is 46.7 Å². The Kier molecular flexibility index (Phi) is 9.05. The lowest BCUT2D eigenvalue weighted by Gasteiger charge is -2.12. The lowest BCUT2D eigenvalue weighted by molar-refractivity contribution is 0.538. The maximum Gasteiger partial charge on any atom is 0.110 e. The van der Waals surface area contributed by atoms with Crippen molar-refractivity contribution in [1.82, 2.24) is 4.57 Å². The van der Waals surface area contributed by atoms with Crippen molar-refractivity contribution in [3.8, 4) is 27.2 Å². The molecule has 3 heterocycles. The smallest absolute Gasteiger partial charge is 0.110 e. The number of hydrogen-bond acceptors (Lipinski definition) is 3. The predicted molar refractivity (Wildman–Crippen MR) is 128 cm³/mol. The number of rotatable bonds is 13. The molecule has 0 aliphatic rings. The second-order valence-electron chi connectivity index (χ2n) is 7.69. The summed E-state index contributed by atoms with van der Waals surface area (Å²) in [5, 5.41) is 11.3. The van der Waals surface area contributed by atoms with Crippen LogP contribution in [-0.4, -0.2) is 4.57 Å². The lowest BCUT2D eigenvalue weighted by atomic mass is 10.1. The Balaban J connectivity index is 1.55. The zero-order valence-electron chi connectivity index (χ0n) is 17.5. The molecule has 0 amide bonds. The van der Waals surface area contributed by atoms with Gasteiger partial charge in [0, 0.05) is 6.54 Å². The van der Waals surface area contributed by atoms with Gasteiger partial charge in [-0.2, -0.15) is 5.26 Å². The average molecular weight is 425 g/mol. The Hall–Kier alpha value is -1.83. The molecule has 29 heavy (non-hydrogen) atoms. The molecule has 0 aliphatic heterocycles. The maximum absolute atomic E-state index is 9.18. The molecule has 0 fully saturated rings. The van der Waals surface area contributed by atoms with Gasteiger partial charge in [0.25, 0.3) is 0 Å². The van der Waals surface area contributed by atoms with Crippen LogP contribution in [0.2, 0.25) is 0 Å². The zero-order valence-corrected chi connectivity index (χ0v) is 19.2. The fraction of sp³-hybridized carbons (Fsp3) is 0.480. The third-order valence-corrected chi connectivity index (χ3v) is 7.36. The Morgan fingerprint density at radius 3 is 2.03 bits per heavy atom. The van der Waals surface area contributed by atoms with E-state index in [-0.39, 0.29) is 0 Å². The Bertz CT molecular complexity index is 880. The molecule has 4 heteroatoms. The maximum atomic E-state index is 9.18. The second-order valence-corrected chi connectivity index (χ2v) is 9.72. The van der Waals surface area contributed by atoms with Crippen molar-refractivity contribution in [2.24, 2.45) is 0 Å². The van der Waals surface area contributed by atoms with Crippen LogP contribution in [0.3, 0.4) is 0 Å². The summed E-state index contributed by atoms with van der Waals surface area (Å²) >= 11 is 3.39. The first-order valence-electron chi connectivity index (χ1n) is 11.1. The van der Waals surface area contributed by atoms with E-state index in [9.17, 15) is 5.26 Å². The molecule has 3 rings (SSSR count). The fourth-order valence-corrected chi connectivity index (χ4v) is 5.45. The molecular weight excluding hydrogens is 392 g/mol. The van der Waals surface area contributed by atoms with E-state index in [1.165, 1.54) is 85.4 Å². The van der Waals surface area contributed by atoms with Gasteiger partial charge in [0.05, 0.1) is 21.1 Å². The average Bonchev–Trinajstić information content (AvgIpc) is 3.49. The van der Waals surface area contributed by atoms with Gasteiger partial charge in [-0.3, -0.25) is 0 Å². The minimum Gasteiger partial charge on any atom is -0.339 e. The summed E-state index contributed by atoms with van der Waals surface area (Å²) in [6.07, 6.45) is 13.6. The van der Waals surface area contributed by atoms with Crippen LogP contribution in [-0.2, 0) is 6.54 Å². The summed E-state index contributed by atoms with van der Waals surface area (Å²) in [6.45, 7) is 3.33. The molecule has 0 aliphatic carbocycles. The van der Waals surface area contributed by atoms with E-state index in [1.807, 2.05) is 6.07 Å². The second kappa shape index (κ2) is 12.0. The van der Waals surface area contributed by atoms with Crippen molar-refractivity contribution in [1.29, 1.82) is 5.26 Å². The van der Waals surface area contributed by atoms with E-state index in [4.69, 9.17) is 0 Å². The first kappa shape index (κ1) is 21.9. The molecule has 154 valence electrons. The molecule has 0 saturated heterocycles. The van der Waals surface area contributed by atoms with Crippen molar-refractivity contribution in [3.63, 3.8) is 0 Å². The van der Waals surface area contributed by atoms with Gasteiger partial charge in [0.2, 0.25) is 0 Å². The van der Waals surface area contributed by atoms with E-state index >= 15 is 0 Å². The summed E-state index contributed by atoms with van der Waals surface area (Å²) in [5.74, 6) is 0. The number of nitrogens with zero attached hydrogens (tertiary/aromatic N) is 2. The highest BCUT2D eigenvalue weighted by molar-refractivity contribution is 7.16. The van der Waals surface area contributed by atoms with E-state index in [1.54, 1.807) is 22.7 Å². The summed E-state index contributed by atoms with van der Waals surface area (Å²) in [4.78, 5) is 3.29. The summed E-state index contributed by atoms with van der Waals surface area (Å²) in [7, 11) is 0. The number of unbranched alkanes of at least 4 members (excludes halogenated alkanes) is 9. The van der Waals surface area contributed by atoms with E-state index in [0.29, 0.717) is 0 Å². The minimum absolute atomic E-state index is 0.782. The largest absolute Gasteiger partial charge is 0.339 e. The van der Waals surface area contributed by atoms with Gasteiger partial charge in [-0.25, -0.2) is 0 Å². The van der Waals surface area contributed by atoms with E-state index < -0.39 is 0 Å². The summed E-state index contributed by atoms with van der Waals surface area (Å²) in [5.41, 5.74) is 2.55. The molecule has 0 radical (unpaired) electrons. The molecule has 0 aromatic carbocycles. The SMILES string of the molecule is CCCCCCCCCCCCn1c(-c2cccs2)ccc1-c1ccc(C#N)s1. The van der Waals surface area contributed by atoms with E-state index in [2.05, 4.69) is 53.3 Å². The predicted octanol–water partition coefficient (Wildman–Crippen LogP) is 8.74. The Morgan fingerprint density at radius 2 is 1.45 bits per heavy atom. The third-order valence-electron chi connectivity index (χ3n) is 5.46. The lowest BCUT2D eigenvalue weighted by Crippen LogP contribution is -2.01. The van der Waals surface area contributed by atoms with Crippen LogP contribution < -0.4 is 0 Å². The third kappa shape index (κ3) is 6.32. The molecule has 3 aromatic rings. The molecule has 0 bridgehead atoms. The van der Waals surface area contributed by atoms with Crippen molar-refractivity contribution in [2.75, 3.05) is 0 Å². The number of hydrogen-bond donors (Lipinski definition) is 0. The monoisotopic (exact) mass is 424 g/mol. The molecule has 3 aromatic heterocycles. The highest BCUT2D eigenvalue weighted by Gasteiger charge is 2.14. The summed E-state index contributed by atoms with van der Waals surface area (Å²) in [6, 6.07) is 15.1. The van der Waals surface area contributed by atoms with Crippen molar-refractivity contribution in [2.45, 2.75) is 77.7 Å². The van der Waals surface area contributed by atoms with Gasteiger partial charge >= 0.3 is 0 Å². The first-order chi connectivity index (χ1) is 14.3. The van der Waals surface area contributed by atoms with Crippen LogP contribution >= 0.6 is 22.7 Å². The molecule has 0 spiro atoms. The van der Waals surface area contributed by atoms with Gasteiger partial charge in [0.15, 0.2) is 0 Å². The van der Waals surface area contributed by atoms with Crippen LogP contribution in [0.25, 0.3) is 21.1 Å². The van der Waals surface area contributed by atoms with E-state index in [0.717, 1.165) is 11.4 Å². The normalized spacial score (nSPS) is 11.0. The molecule has 0 atom stereocenters. The van der Waals surface area contributed by atoms with Crippen LogP contribution in [0.1, 0.15) is 76.0 Å². The minimum atomic E-state index is 0.782. The molecule has 0 saturated carbocycles. The molecule has 0 unspecified atom stereocenters. The highest BCUT2D eigenvalue weighted by atomic mass is 32.1. The van der Waals surface area contributed by atoms with Crippen molar-refractivity contribution < 1.29 is 0 Å². The zero-order chi connectivity index (χ0) is 20.3. The Labute approximate surface area is 183 Å². The van der Waals surface area contributed by atoms with Gasteiger partial charge < -0.3 is 4.57 Å². The van der Waals surface area contributed by atoms with Gasteiger partial charge in [-0.15, -0.1) is 22.7 Å². The number of aromatic nitrogens is 1. The first-order valence-corrected chi connectivity index (χ1v) is 12.8. The van der Waals surface area contributed by atoms with Gasteiger partial charge in [-0.1, -0.05) is 70.8 Å². The Morgan fingerprint density at radius 1 is 0.793 bits per heavy atom. The van der Waals surface area contributed by atoms with Gasteiger partial charge in [-0.05, 0) is 42.1 Å². The van der Waals surface area contributed by atoms with Crippen LogP contribution in [0.15, 0.2) is 41.8 Å². The van der Waals surface area contributed by atoms with Crippen LogP contribution in [0.4, 0.5) is 0 Å². The highest BCUT2D eigenvalue weighted by Crippen LogP contribution is 2.35. The van der Waals surface area contributed by atoms with Crippen molar-refractivity contribution >= 4 is 22.7 Å². The van der Waals surface area contributed by atoms with Gasteiger partial charge in [0.1, 0.15) is 10.9 Å². The molecule has 0 N–H and O–H groups in total. The topological polar surface area (TPSA) is 28.7 Å². The fourth-order valence-electron chi connectivity index (χ4n) is 3.86. The number of thiophene rings is 2. The van der Waals surface area contributed by atoms with Crippen LogP contribution in [0, 0.1) is 11.3 Å². The molecular formula is C25H32N2S2. The number of nitriles is 1. The summed E-state index contributed by atoms with van der Waals surface area (Å²) < 4.78 is 2.46. The standard InChI is InChI=1S/C25H32N2S2/c1-2-3-4-5-6-7-8-9-10-11-18-27-22(24-13-12-19-28-24)15-16-23(27)25-17-14-21(20-26)29-25/h12-17,19H,2-11,18H2,1H3. The van der Waals surface area contributed by atoms with Crippen LogP contribution in [0.5, 0.6) is 0 Å². The molecule has 2 nitrogen and oxygen atoms in total.